The molecule has 4 bridgehead atoms. The highest BCUT2D eigenvalue weighted by Gasteiger charge is 2.55. The number of amides is 1. The summed E-state index contributed by atoms with van der Waals surface area (Å²) in [4.78, 5) is 22.5. The van der Waals surface area contributed by atoms with Crippen molar-refractivity contribution in [3.05, 3.63) is 48.2 Å². The van der Waals surface area contributed by atoms with Crippen LogP contribution in [0.4, 0.5) is 17.2 Å². The van der Waals surface area contributed by atoms with Crippen LogP contribution in [0.1, 0.15) is 42.6 Å². The van der Waals surface area contributed by atoms with Gasteiger partial charge in [-0.25, -0.2) is 4.98 Å². The Balaban J connectivity index is 1.10. The summed E-state index contributed by atoms with van der Waals surface area (Å²) in [7, 11) is 0. The summed E-state index contributed by atoms with van der Waals surface area (Å²) in [5, 5.41) is 14.1. The Morgan fingerprint density at radius 3 is 2.30 bits per heavy atom. The van der Waals surface area contributed by atoms with Gasteiger partial charge in [0.15, 0.2) is 0 Å². The molecule has 7 rings (SSSR count). The molecule has 1 aliphatic heterocycles. The van der Waals surface area contributed by atoms with Gasteiger partial charge in [0, 0.05) is 43.6 Å². The maximum absolute atomic E-state index is 13.1. The van der Waals surface area contributed by atoms with Crippen molar-refractivity contribution in [2.45, 2.75) is 43.7 Å². The number of nitrogens with one attached hydrogen (secondary N) is 1. The fourth-order valence-corrected chi connectivity index (χ4v) is 7.05. The smallest absolute Gasteiger partial charge is 0.270 e. The van der Waals surface area contributed by atoms with Crippen LogP contribution >= 0.6 is 0 Å². The minimum atomic E-state index is -0.482. The highest BCUT2D eigenvalue weighted by molar-refractivity contribution is 5.93. The minimum Gasteiger partial charge on any atom is -0.399 e. The fraction of sp³-hybridized carbons (Fsp3) is 0.538. The number of rotatable bonds is 4. The zero-order valence-corrected chi connectivity index (χ0v) is 19.0. The first-order valence-electron chi connectivity index (χ1n) is 12.3. The topological polar surface area (TPSA) is 94.7 Å². The number of hydrogen-bond donors (Lipinski definition) is 3. The fourth-order valence-electron chi connectivity index (χ4n) is 7.05. The molecule has 2 atom stereocenters. The first-order chi connectivity index (χ1) is 16.0. The Morgan fingerprint density at radius 1 is 0.970 bits per heavy atom. The van der Waals surface area contributed by atoms with E-state index in [0.717, 1.165) is 69.8 Å². The van der Waals surface area contributed by atoms with Crippen molar-refractivity contribution in [3.63, 3.8) is 0 Å². The van der Waals surface area contributed by atoms with Crippen LogP contribution in [0.2, 0.25) is 0 Å². The van der Waals surface area contributed by atoms with E-state index in [-0.39, 0.29) is 11.9 Å². The van der Waals surface area contributed by atoms with Crippen molar-refractivity contribution < 1.29 is 9.90 Å². The summed E-state index contributed by atoms with van der Waals surface area (Å²) in [6, 6.07) is 13.9. The van der Waals surface area contributed by atoms with E-state index in [1.54, 1.807) is 0 Å². The zero-order valence-electron chi connectivity index (χ0n) is 19.0. The number of benzene rings is 1. The molecule has 5 aliphatic rings. The first kappa shape index (κ1) is 20.8. The average Bonchev–Trinajstić information content (AvgIpc) is 2.81. The lowest BCUT2D eigenvalue weighted by atomic mass is 9.52. The van der Waals surface area contributed by atoms with E-state index in [4.69, 9.17) is 10.7 Å². The largest absolute Gasteiger partial charge is 0.399 e. The van der Waals surface area contributed by atoms with E-state index in [1.807, 2.05) is 30.3 Å². The predicted molar refractivity (Wildman–Crippen MR) is 129 cm³/mol. The van der Waals surface area contributed by atoms with Crippen molar-refractivity contribution >= 4 is 23.1 Å². The van der Waals surface area contributed by atoms with E-state index >= 15 is 0 Å². The molecule has 7 nitrogen and oxygen atoms in total. The third-order valence-electron chi connectivity index (χ3n) is 8.37. The van der Waals surface area contributed by atoms with Gasteiger partial charge in [0.25, 0.3) is 5.91 Å². The highest BCUT2D eigenvalue weighted by atomic mass is 16.3. The summed E-state index contributed by atoms with van der Waals surface area (Å²) >= 11 is 0. The molecule has 7 heteroatoms. The molecule has 4 saturated carbocycles. The van der Waals surface area contributed by atoms with Crippen LogP contribution in [0.5, 0.6) is 0 Å². The summed E-state index contributed by atoms with van der Waals surface area (Å²) in [5.74, 6) is 2.21. The summed E-state index contributed by atoms with van der Waals surface area (Å²) in [6.07, 6.45) is 4.88. The molecule has 5 fully saturated rings. The number of piperazine rings is 1. The van der Waals surface area contributed by atoms with Crippen LogP contribution in [-0.4, -0.2) is 53.8 Å². The molecule has 174 valence electrons. The van der Waals surface area contributed by atoms with Crippen molar-refractivity contribution in [1.82, 2.24) is 10.3 Å². The van der Waals surface area contributed by atoms with Crippen LogP contribution in [0.3, 0.4) is 0 Å². The van der Waals surface area contributed by atoms with Crippen molar-refractivity contribution in [2.24, 2.45) is 17.8 Å². The Labute approximate surface area is 195 Å². The second-order valence-corrected chi connectivity index (χ2v) is 10.6. The number of nitrogens with zero attached hydrogens (tertiary/aromatic N) is 3. The van der Waals surface area contributed by atoms with E-state index < -0.39 is 5.60 Å². The van der Waals surface area contributed by atoms with Crippen LogP contribution in [-0.2, 0) is 0 Å². The van der Waals surface area contributed by atoms with Crippen molar-refractivity contribution in [3.8, 4) is 0 Å². The van der Waals surface area contributed by atoms with Crippen LogP contribution in [0, 0.1) is 17.8 Å². The van der Waals surface area contributed by atoms with Gasteiger partial charge in [0.05, 0.1) is 5.60 Å². The molecular weight excluding hydrogens is 414 g/mol. The predicted octanol–water partition coefficient (Wildman–Crippen LogP) is 2.66. The second-order valence-electron chi connectivity index (χ2n) is 10.6. The van der Waals surface area contributed by atoms with Crippen LogP contribution < -0.4 is 20.9 Å². The van der Waals surface area contributed by atoms with Gasteiger partial charge in [-0.15, -0.1) is 0 Å². The van der Waals surface area contributed by atoms with Gasteiger partial charge < -0.3 is 26.0 Å². The molecule has 4 aliphatic carbocycles. The number of nitrogen functional groups attached to an aromatic ring is 1. The maximum atomic E-state index is 13.1. The molecule has 2 unspecified atom stereocenters. The van der Waals surface area contributed by atoms with Crippen LogP contribution in [0.15, 0.2) is 42.5 Å². The van der Waals surface area contributed by atoms with Gasteiger partial charge in [-0.05, 0) is 86.3 Å². The SMILES string of the molecule is Nc1ccc(N2CCN(c3cccc(C(=O)N[C@H]4C5CC6CC4C[C@](O)(C6)C5)n3)CC2)cc1. The normalized spacial score (nSPS) is 32.8. The third kappa shape index (κ3) is 3.92. The van der Waals surface area contributed by atoms with Crippen molar-refractivity contribution in [2.75, 3.05) is 41.7 Å². The molecule has 0 radical (unpaired) electrons. The first-order valence-corrected chi connectivity index (χ1v) is 12.3. The number of aromatic nitrogens is 1. The maximum Gasteiger partial charge on any atom is 0.270 e. The lowest BCUT2D eigenvalue weighted by Crippen LogP contribution is -2.61. The number of nitrogens with two attached hydrogens (primary N) is 1. The quantitative estimate of drug-likeness (QED) is 0.624. The molecule has 1 aromatic heterocycles. The number of carbonyl (C=O) groups is 1. The van der Waals surface area contributed by atoms with E-state index in [0.29, 0.717) is 23.4 Å². The molecule has 1 aromatic carbocycles. The Bertz CT molecular complexity index is 1020. The number of aliphatic hydroxyl groups is 1. The lowest BCUT2D eigenvalue weighted by molar-refractivity contribution is -0.136. The van der Waals surface area contributed by atoms with Crippen LogP contribution in [0.25, 0.3) is 0 Å². The molecule has 1 saturated heterocycles. The molecule has 2 aromatic rings. The number of carbonyl (C=O) groups excluding carboxylic acids is 1. The van der Waals surface area contributed by atoms with E-state index in [1.165, 1.54) is 5.69 Å². The molecule has 2 heterocycles. The zero-order chi connectivity index (χ0) is 22.6. The van der Waals surface area contributed by atoms with Gasteiger partial charge in [-0.1, -0.05) is 6.07 Å². The average molecular weight is 448 g/mol. The summed E-state index contributed by atoms with van der Waals surface area (Å²) in [5.41, 5.74) is 7.78. The third-order valence-corrected chi connectivity index (χ3v) is 8.37. The van der Waals surface area contributed by atoms with Gasteiger partial charge in [-0.2, -0.15) is 0 Å². The molecular formula is C26H33N5O2. The van der Waals surface area contributed by atoms with Gasteiger partial charge in [0.2, 0.25) is 0 Å². The number of pyridine rings is 1. The highest BCUT2D eigenvalue weighted by Crippen LogP contribution is 2.55. The summed E-state index contributed by atoms with van der Waals surface area (Å²) in [6.45, 7) is 3.51. The monoisotopic (exact) mass is 447 g/mol. The number of anilines is 3. The van der Waals surface area contributed by atoms with Gasteiger partial charge in [-0.3, -0.25) is 4.79 Å². The van der Waals surface area contributed by atoms with Crippen molar-refractivity contribution in [1.29, 1.82) is 0 Å². The number of hydrogen-bond acceptors (Lipinski definition) is 6. The molecule has 1 amide bonds. The standard InChI is InChI=1S/C26H33N5O2/c27-20-4-6-21(7-5-20)30-8-10-31(11-9-30)23-3-1-2-22(28-23)25(32)29-24-18-12-17-13-19(24)16-26(33,14-17)15-18/h1-7,17-19,24,33H,8-16,27H2,(H,29,32)/t17?,18?,19?,24-,26-. The van der Waals surface area contributed by atoms with E-state index in [2.05, 4.69) is 27.2 Å². The minimum absolute atomic E-state index is 0.0816. The van der Waals surface area contributed by atoms with E-state index in [9.17, 15) is 9.90 Å². The van der Waals surface area contributed by atoms with Gasteiger partial charge in [0.1, 0.15) is 11.5 Å². The lowest BCUT2D eigenvalue weighted by Gasteiger charge is -2.58. The Hall–Kier alpha value is -2.80. The molecule has 4 N–H and O–H groups in total. The Kier molecular flexibility index (Phi) is 4.98. The second kappa shape index (κ2) is 7.90. The molecule has 0 spiro atoms. The Morgan fingerprint density at radius 2 is 1.64 bits per heavy atom. The van der Waals surface area contributed by atoms with Gasteiger partial charge >= 0.3 is 0 Å². The molecule has 33 heavy (non-hydrogen) atoms. The summed E-state index contributed by atoms with van der Waals surface area (Å²) < 4.78 is 0.